The van der Waals surface area contributed by atoms with Gasteiger partial charge in [0.2, 0.25) is 12.2 Å². The van der Waals surface area contributed by atoms with E-state index in [-0.39, 0.29) is 0 Å². The van der Waals surface area contributed by atoms with Crippen LogP contribution in [0.15, 0.2) is 33.6 Å². The van der Waals surface area contributed by atoms with Crippen LogP contribution in [-0.2, 0) is 13.2 Å². The maximum atomic E-state index is 5.62. The van der Waals surface area contributed by atoms with Crippen LogP contribution in [0, 0.1) is 0 Å². The Morgan fingerprint density at radius 2 is 2.32 bits per heavy atom. The average Bonchev–Trinajstić information content (AvgIpc) is 3.10. The fourth-order valence-corrected chi connectivity index (χ4v) is 2.26. The summed E-state index contributed by atoms with van der Waals surface area (Å²) < 4.78 is 11.2. The lowest BCUT2D eigenvalue weighted by Crippen LogP contribution is -2.15. The van der Waals surface area contributed by atoms with Gasteiger partial charge in [-0.15, -0.1) is 0 Å². The van der Waals surface area contributed by atoms with Crippen LogP contribution < -0.4 is 10.1 Å². The van der Waals surface area contributed by atoms with Crippen molar-refractivity contribution in [2.75, 3.05) is 0 Å². The van der Waals surface area contributed by atoms with E-state index in [9.17, 15) is 0 Å². The van der Waals surface area contributed by atoms with Gasteiger partial charge in [-0.2, -0.15) is 4.98 Å². The standard InChI is InChI=1S/C13H14BrN3O2/c14-11-5-9(6-15-10-2-3-10)1-4-12(11)18-7-13-16-8-19-17-13/h1,4-5,8,10,15H,2-3,6-7H2. The predicted molar refractivity (Wildman–Crippen MR) is 72.6 cm³/mol. The van der Waals surface area contributed by atoms with Gasteiger partial charge >= 0.3 is 0 Å². The van der Waals surface area contributed by atoms with E-state index in [0.29, 0.717) is 18.5 Å². The average molecular weight is 324 g/mol. The highest BCUT2D eigenvalue weighted by Crippen LogP contribution is 2.27. The fraction of sp³-hybridized carbons (Fsp3) is 0.385. The summed E-state index contributed by atoms with van der Waals surface area (Å²) in [4.78, 5) is 3.91. The van der Waals surface area contributed by atoms with Crippen LogP contribution in [0.25, 0.3) is 0 Å². The second kappa shape index (κ2) is 5.71. The number of ether oxygens (including phenoxy) is 1. The number of nitrogens with one attached hydrogen (secondary N) is 1. The minimum atomic E-state index is 0.300. The second-order valence-electron chi connectivity index (χ2n) is 4.56. The number of nitrogens with zero attached hydrogens (tertiary/aromatic N) is 2. The van der Waals surface area contributed by atoms with Gasteiger partial charge in [-0.25, -0.2) is 0 Å². The minimum absolute atomic E-state index is 0.300. The maximum absolute atomic E-state index is 5.62. The van der Waals surface area contributed by atoms with Crippen LogP contribution in [0.2, 0.25) is 0 Å². The molecule has 5 nitrogen and oxygen atoms in total. The number of hydrogen-bond acceptors (Lipinski definition) is 5. The van der Waals surface area contributed by atoms with E-state index >= 15 is 0 Å². The Labute approximate surface area is 119 Å². The van der Waals surface area contributed by atoms with Crippen molar-refractivity contribution in [3.05, 3.63) is 40.5 Å². The predicted octanol–water partition coefficient (Wildman–Crippen LogP) is 2.66. The molecule has 1 aromatic carbocycles. The Morgan fingerprint density at radius 3 is 3.00 bits per heavy atom. The molecule has 1 aliphatic carbocycles. The largest absolute Gasteiger partial charge is 0.484 e. The molecule has 1 N–H and O–H groups in total. The number of benzene rings is 1. The summed E-state index contributed by atoms with van der Waals surface area (Å²) in [5.74, 6) is 1.31. The molecular weight excluding hydrogens is 310 g/mol. The minimum Gasteiger partial charge on any atom is -0.484 e. The number of hydrogen-bond donors (Lipinski definition) is 1. The van der Waals surface area contributed by atoms with Crippen LogP contribution in [0.5, 0.6) is 5.75 Å². The van der Waals surface area contributed by atoms with Crippen molar-refractivity contribution < 1.29 is 9.26 Å². The van der Waals surface area contributed by atoms with E-state index in [1.165, 1.54) is 24.8 Å². The molecule has 0 atom stereocenters. The molecule has 6 heteroatoms. The van der Waals surface area contributed by atoms with Crippen molar-refractivity contribution in [2.24, 2.45) is 0 Å². The van der Waals surface area contributed by atoms with E-state index in [1.807, 2.05) is 6.07 Å². The first-order chi connectivity index (χ1) is 9.31. The third-order valence-corrected chi connectivity index (χ3v) is 3.55. The molecule has 1 fully saturated rings. The van der Waals surface area contributed by atoms with Crippen molar-refractivity contribution in [2.45, 2.75) is 32.0 Å². The quantitative estimate of drug-likeness (QED) is 0.885. The number of halogens is 1. The molecule has 0 spiro atoms. The summed E-state index contributed by atoms with van der Waals surface area (Å²) >= 11 is 3.52. The summed E-state index contributed by atoms with van der Waals surface area (Å²) in [6.07, 6.45) is 3.89. The maximum Gasteiger partial charge on any atom is 0.213 e. The van der Waals surface area contributed by atoms with Crippen LogP contribution in [-0.4, -0.2) is 16.2 Å². The highest BCUT2D eigenvalue weighted by atomic mass is 79.9. The van der Waals surface area contributed by atoms with Gasteiger partial charge in [0.15, 0.2) is 6.61 Å². The smallest absolute Gasteiger partial charge is 0.213 e. The summed E-state index contributed by atoms with van der Waals surface area (Å²) in [6.45, 7) is 1.20. The summed E-state index contributed by atoms with van der Waals surface area (Å²) in [7, 11) is 0. The van der Waals surface area contributed by atoms with Crippen molar-refractivity contribution in [1.82, 2.24) is 15.5 Å². The first kappa shape index (κ1) is 12.6. The lowest BCUT2D eigenvalue weighted by atomic mass is 10.2. The molecule has 19 heavy (non-hydrogen) atoms. The van der Waals surface area contributed by atoms with Gasteiger partial charge in [-0.1, -0.05) is 11.2 Å². The van der Waals surface area contributed by atoms with Crippen LogP contribution in [0.3, 0.4) is 0 Å². The summed E-state index contributed by atoms with van der Waals surface area (Å²) in [5.41, 5.74) is 1.24. The monoisotopic (exact) mass is 323 g/mol. The van der Waals surface area contributed by atoms with Gasteiger partial charge in [0.1, 0.15) is 5.75 Å². The molecule has 100 valence electrons. The lowest BCUT2D eigenvalue weighted by Gasteiger charge is -2.09. The molecule has 0 radical (unpaired) electrons. The van der Waals surface area contributed by atoms with Crippen LogP contribution in [0.4, 0.5) is 0 Å². The molecule has 1 aliphatic rings. The van der Waals surface area contributed by atoms with Gasteiger partial charge in [-0.3, -0.25) is 0 Å². The Hall–Kier alpha value is -1.40. The first-order valence-corrected chi connectivity index (χ1v) is 7.00. The molecule has 1 aromatic heterocycles. The molecule has 0 aliphatic heterocycles. The van der Waals surface area contributed by atoms with Crippen molar-refractivity contribution in [1.29, 1.82) is 0 Å². The topological polar surface area (TPSA) is 60.2 Å². The molecule has 2 aromatic rings. The van der Waals surface area contributed by atoms with E-state index in [1.54, 1.807) is 0 Å². The highest BCUT2D eigenvalue weighted by Gasteiger charge is 2.20. The van der Waals surface area contributed by atoms with Crippen molar-refractivity contribution in [3.63, 3.8) is 0 Å². The number of aromatic nitrogens is 2. The third-order valence-electron chi connectivity index (χ3n) is 2.93. The van der Waals surface area contributed by atoms with Crippen molar-refractivity contribution in [3.8, 4) is 5.75 Å². The van der Waals surface area contributed by atoms with Gasteiger partial charge in [0, 0.05) is 12.6 Å². The van der Waals surface area contributed by atoms with E-state index < -0.39 is 0 Å². The summed E-state index contributed by atoms with van der Waals surface area (Å²) in [5, 5.41) is 7.18. The van der Waals surface area contributed by atoms with Gasteiger partial charge in [-0.05, 0) is 46.5 Å². The first-order valence-electron chi connectivity index (χ1n) is 6.21. The SMILES string of the molecule is Brc1cc(CNC2CC2)ccc1OCc1ncon1. The van der Waals surface area contributed by atoms with Gasteiger partial charge in [0.05, 0.1) is 4.47 Å². The Balaban J connectivity index is 1.58. The molecule has 1 saturated carbocycles. The highest BCUT2D eigenvalue weighted by molar-refractivity contribution is 9.10. The number of rotatable bonds is 6. The lowest BCUT2D eigenvalue weighted by molar-refractivity contribution is 0.285. The fourth-order valence-electron chi connectivity index (χ4n) is 1.72. The molecule has 3 rings (SSSR count). The molecule has 0 bridgehead atoms. The Morgan fingerprint density at radius 1 is 1.42 bits per heavy atom. The third kappa shape index (κ3) is 3.54. The van der Waals surface area contributed by atoms with Crippen LogP contribution in [0.1, 0.15) is 24.2 Å². The zero-order valence-electron chi connectivity index (χ0n) is 10.3. The van der Waals surface area contributed by atoms with Gasteiger partial charge in [0.25, 0.3) is 0 Å². The zero-order valence-corrected chi connectivity index (χ0v) is 11.9. The summed E-state index contributed by atoms with van der Waals surface area (Å²) in [6, 6.07) is 6.80. The molecule has 0 amide bonds. The van der Waals surface area contributed by atoms with E-state index in [2.05, 4.69) is 48.0 Å². The van der Waals surface area contributed by atoms with Crippen molar-refractivity contribution >= 4 is 15.9 Å². The van der Waals surface area contributed by atoms with E-state index in [4.69, 9.17) is 4.74 Å². The van der Waals surface area contributed by atoms with E-state index in [0.717, 1.165) is 16.8 Å². The zero-order chi connectivity index (χ0) is 13.1. The Kier molecular flexibility index (Phi) is 3.79. The molecule has 0 unspecified atom stereocenters. The molecule has 1 heterocycles. The second-order valence-corrected chi connectivity index (χ2v) is 5.41. The molecular formula is C13H14BrN3O2. The normalized spacial score (nSPS) is 14.6. The van der Waals surface area contributed by atoms with Crippen LogP contribution >= 0.6 is 15.9 Å². The molecule has 0 saturated heterocycles. The Bertz CT molecular complexity index is 541. The van der Waals surface area contributed by atoms with Gasteiger partial charge < -0.3 is 14.6 Å².